The number of fused-ring (bicyclic) bond motifs is 1. The summed E-state index contributed by atoms with van der Waals surface area (Å²) in [5.41, 5.74) is 0.652. The molecular weight excluding hydrogens is 272 g/mol. The second kappa shape index (κ2) is 5.73. The predicted molar refractivity (Wildman–Crippen MR) is 76.9 cm³/mol. The number of amides is 1. The highest BCUT2D eigenvalue weighted by Gasteiger charge is 2.27. The van der Waals surface area contributed by atoms with Gasteiger partial charge in [-0.25, -0.2) is 4.79 Å². The van der Waals surface area contributed by atoms with Crippen molar-refractivity contribution in [2.45, 2.75) is 25.3 Å². The maximum Gasteiger partial charge on any atom is 0.339 e. The van der Waals surface area contributed by atoms with Gasteiger partial charge in [-0.05, 0) is 25.0 Å². The number of ether oxygens (including phenoxy) is 1. The van der Waals surface area contributed by atoms with Gasteiger partial charge >= 0.3 is 5.97 Å². The van der Waals surface area contributed by atoms with Gasteiger partial charge in [-0.1, -0.05) is 6.07 Å². The third-order valence-electron chi connectivity index (χ3n) is 3.73. The van der Waals surface area contributed by atoms with Gasteiger partial charge in [0, 0.05) is 19.0 Å². The predicted octanol–water partition coefficient (Wildman–Crippen LogP) is 1.25. The standard InChI is InChI=1S/C15H18N2O4/c18-13(6-7-16-10-4-5-10)17-8-9-21-14-11(15(19)20)2-1-3-12(14)17/h1-3,10,16H,4-9H2,(H,19,20). The van der Waals surface area contributed by atoms with Crippen molar-refractivity contribution in [3.8, 4) is 5.75 Å². The van der Waals surface area contributed by atoms with Crippen LogP contribution in [-0.2, 0) is 4.79 Å². The van der Waals surface area contributed by atoms with Crippen molar-refractivity contribution in [2.24, 2.45) is 0 Å². The molecule has 3 rings (SSSR count). The topological polar surface area (TPSA) is 78.9 Å². The van der Waals surface area contributed by atoms with Gasteiger partial charge in [-0.15, -0.1) is 0 Å². The van der Waals surface area contributed by atoms with Crippen molar-refractivity contribution >= 4 is 17.6 Å². The summed E-state index contributed by atoms with van der Waals surface area (Å²) in [5, 5.41) is 12.5. The zero-order chi connectivity index (χ0) is 14.8. The summed E-state index contributed by atoms with van der Waals surface area (Å²) in [6.07, 6.45) is 2.79. The quantitative estimate of drug-likeness (QED) is 0.853. The Balaban J connectivity index is 1.74. The van der Waals surface area contributed by atoms with Crippen molar-refractivity contribution < 1.29 is 19.4 Å². The minimum absolute atomic E-state index is 0.00441. The number of hydrogen-bond acceptors (Lipinski definition) is 4. The Morgan fingerprint density at radius 2 is 2.19 bits per heavy atom. The number of rotatable bonds is 5. The minimum atomic E-state index is -1.04. The zero-order valence-corrected chi connectivity index (χ0v) is 11.7. The first-order valence-corrected chi connectivity index (χ1v) is 7.19. The number of carbonyl (C=O) groups is 2. The van der Waals surface area contributed by atoms with Crippen molar-refractivity contribution in [1.29, 1.82) is 0 Å². The van der Waals surface area contributed by atoms with E-state index >= 15 is 0 Å². The molecule has 6 nitrogen and oxygen atoms in total. The van der Waals surface area contributed by atoms with Crippen LogP contribution in [-0.4, -0.2) is 42.7 Å². The summed E-state index contributed by atoms with van der Waals surface area (Å²) in [7, 11) is 0. The fourth-order valence-electron chi connectivity index (χ4n) is 2.48. The van der Waals surface area contributed by atoms with Crippen LogP contribution >= 0.6 is 0 Å². The third kappa shape index (κ3) is 3.00. The van der Waals surface area contributed by atoms with Crippen LogP contribution in [0, 0.1) is 0 Å². The maximum atomic E-state index is 12.3. The molecule has 0 saturated heterocycles. The van der Waals surface area contributed by atoms with Crippen LogP contribution < -0.4 is 15.0 Å². The van der Waals surface area contributed by atoms with Gasteiger partial charge in [0.05, 0.1) is 12.2 Å². The van der Waals surface area contributed by atoms with Gasteiger partial charge < -0.3 is 20.1 Å². The first-order valence-electron chi connectivity index (χ1n) is 7.19. The summed E-state index contributed by atoms with van der Waals surface area (Å²) in [6, 6.07) is 5.43. The van der Waals surface area contributed by atoms with E-state index in [1.807, 2.05) is 0 Å². The molecule has 1 amide bonds. The van der Waals surface area contributed by atoms with E-state index in [4.69, 9.17) is 4.74 Å². The van der Waals surface area contributed by atoms with Gasteiger partial charge in [-0.2, -0.15) is 0 Å². The molecule has 6 heteroatoms. The van der Waals surface area contributed by atoms with Crippen LogP contribution in [0.15, 0.2) is 18.2 Å². The molecule has 2 aliphatic rings. The number of aromatic carboxylic acids is 1. The number of carboxylic acids is 1. The molecule has 112 valence electrons. The maximum absolute atomic E-state index is 12.3. The average molecular weight is 290 g/mol. The molecule has 1 saturated carbocycles. The molecular formula is C15H18N2O4. The Bertz CT molecular complexity index is 569. The Morgan fingerprint density at radius 3 is 2.90 bits per heavy atom. The van der Waals surface area contributed by atoms with E-state index in [0.717, 1.165) is 0 Å². The summed E-state index contributed by atoms with van der Waals surface area (Å²) < 4.78 is 5.46. The molecule has 0 unspecified atom stereocenters. The first kappa shape index (κ1) is 13.9. The number of hydrogen-bond donors (Lipinski definition) is 2. The van der Waals surface area contributed by atoms with Gasteiger partial charge in [0.15, 0.2) is 5.75 Å². The fraction of sp³-hybridized carbons (Fsp3) is 0.467. The smallest absolute Gasteiger partial charge is 0.339 e. The van der Waals surface area contributed by atoms with Crippen LogP contribution in [0.25, 0.3) is 0 Å². The minimum Gasteiger partial charge on any atom is -0.489 e. The Kier molecular flexibility index (Phi) is 3.79. The number of nitrogens with one attached hydrogen (secondary N) is 1. The Labute approximate surface area is 122 Å². The molecule has 1 aromatic carbocycles. The number of benzene rings is 1. The molecule has 0 aromatic heterocycles. The Hall–Kier alpha value is -2.08. The molecule has 1 aliphatic heterocycles. The first-order chi connectivity index (χ1) is 10.2. The number of carboxylic acid groups (broad SMARTS) is 1. The van der Waals surface area contributed by atoms with Crippen LogP contribution in [0.3, 0.4) is 0 Å². The van der Waals surface area contributed by atoms with E-state index in [9.17, 15) is 14.7 Å². The van der Waals surface area contributed by atoms with Crippen LogP contribution in [0.4, 0.5) is 5.69 Å². The van der Waals surface area contributed by atoms with Gasteiger partial charge in [0.1, 0.15) is 12.2 Å². The summed E-state index contributed by atoms with van der Waals surface area (Å²) in [6.45, 7) is 1.44. The number of anilines is 1. The summed E-state index contributed by atoms with van der Waals surface area (Å²) in [5.74, 6) is -0.758. The van der Waals surface area contributed by atoms with Gasteiger partial charge in [0.25, 0.3) is 0 Å². The molecule has 1 heterocycles. The molecule has 0 radical (unpaired) electrons. The molecule has 1 aliphatic carbocycles. The van der Waals surface area contributed by atoms with Crippen molar-refractivity contribution in [3.63, 3.8) is 0 Å². The fourth-order valence-corrected chi connectivity index (χ4v) is 2.48. The molecule has 21 heavy (non-hydrogen) atoms. The average Bonchev–Trinajstić information content (AvgIpc) is 3.30. The van der Waals surface area contributed by atoms with E-state index in [2.05, 4.69) is 5.32 Å². The normalized spacial score (nSPS) is 17.0. The zero-order valence-electron chi connectivity index (χ0n) is 11.7. The number of nitrogens with zero attached hydrogens (tertiary/aromatic N) is 1. The number of carbonyl (C=O) groups excluding carboxylic acids is 1. The van der Waals surface area contributed by atoms with E-state index in [-0.39, 0.29) is 11.5 Å². The lowest BCUT2D eigenvalue weighted by Gasteiger charge is -2.30. The molecule has 0 bridgehead atoms. The van der Waals surface area contributed by atoms with E-state index in [1.54, 1.807) is 17.0 Å². The highest BCUT2D eigenvalue weighted by molar-refractivity contribution is 6.00. The van der Waals surface area contributed by atoms with E-state index < -0.39 is 5.97 Å². The van der Waals surface area contributed by atoms with Crippen LogP contribution in [0.5, 0.6) is 5.75 Å². The molecule has 0 spiro atoms. The third-order valence-corrected chi connectivity index (χ3v) is 3.73. The molecule has 2 N–H and O–H groups in total. The van der Waals surface area contributed by atoms with Crippen LogP contribution in [0.2, 0.25) is 0 Å². The monoisotopic (exact) mass is 290 g/mol. The molecule has 1 fully saturated rings. The second-order valence-electron chi connectivity index (χ2n) is 5.33. The summed E-state index contributed by atoms with van der Waals surface area (Å²) >= 11 is 0. The lowest BCUT2D eigenvalue weighted by molar-refractivity contribution is -0.118. The van der Waals surface area contributed by atoms with Crippen molar-refractivity contribution in [1.82, 2.24) is 5.32 Å². The number of para-hydroxylation sites is 1. The van der Waals surface area contributed by atoms with E-state index in [1.165, 1.54) is 18.9 Å². The van der Waals surface area contributed by atoms with Gasteiger partial charge in [0.2, 0.25) is 5.91 Å². The van der Waals surface area contributed by atoms with Crippen molar-refractivity contribution in [3.05, 3.63) is 23.8 Å². The second-order valence-corrected chi connectivity index (χ2v) is 5.33. The molecule has 0 atom stereocenters. The lowest BCUT2D eigenvalue weighted by atomic mass is 10.1. The summed E-state index contributed by atoms with van der Waals surface area (Å²) in [4.78, 5) is 25.2. The van der Waals surface area contributed by atoms with E-state index in [0.29, 0.717) is 43.6 Å². The largest absolute Gasteiger partial charge is 0.489 e. The highest BCUT2D eigenvalue weighted by atomic mass is 16.5. The van der Waals surface area contributed by atoms with Crippen molar-refractivity contribution in [2.75, 3.05) is 24.6 Å². The SMILES string of the molecule is O=C(O)c1cccc2c1OCCN2C(=O)CCNC1CC1. The van der Waals surface area contributed by atoms with Crippen LogP contribution in [0.1, 0.15) is 29.6 Å². The Morgan fingerprint density at radius 1 is 1.38 bits per heavy atom. The highest BCUT2D eigenvalue weighted by Crippen LogP contribution is 2.35. The molecule has 1 aromatic rings. The van der Waals surface area contributed by atoms with Gasteiger partial charge in [-0.3, -0.25) is 4.79 Å². The lowest BCUT2D eigenvalue weighted by Crippen LogP contribution is -2.39.